The Morgan fingerprint density at radius 3 is 2.62 bits per heavy atom. The van der Waals surface area contributed by atoms with Crippen LogP contribution in [0.2, 0.25) is 0 Å². The van der Waals surface area contributed by atoms with E-state index in [0.717, 1.165) is 0 Å². The van der Waals surface area contributed by atoms with Crippen LogP contribution >= 0.6 is 0 Å². The number of aliphatic hydroxyl groups is 2. The number of carbonyl (C=O) groups excluding carboxylic acids is 1. The maximum atomic E-state index is 12.0. The van der Waals surface area contributed by atoms with Gasteiger partial charge in [-0.2, -0.15) is 0 Å². The lowest BCUT2D eigenvalue weighted by molar-refractivity contribution is 0.0572. The van der Waals surface area contributed by atoms with Gasteiger partial charge in [0.25, 0.3) is 5.91 Å². The van der Waals surface area contributed by atoms with Gasteiger partial charge in [0.1, 0.15) is 0 Å². The monoisotopic (exact) mass is 223 g/mol. The van der Waals surface area contributed by atoms with E-state index in [4.69, 9.17) is 5.73 Å². The number of hydrogen-bond acceptors (Lipinski definition) is 5. The molecule has 1 aromatic heterocycles. The van der Waals surface area contributed by atoms with Crippen molar-refractivity contribution >= 4 is 11.6 Å². The van der Waals surface area contributed by atoms with E-state index in [-0.39, 0.29) is 19.0 Å². The molecule has 2 atom stereocenters. The number of anilines is 1. The van der Waals surface area contributed by atoms with E-state index >= 15 is 0 Å². The third-order valence-electron chi connectivity index (χ3n) is 2.63. The van der Waals surface area contributed by atoms with Crippen molar-refractivity contribution in [3.8, 4) is 0 Å². The van der Waals surface area contributed by atoms with Gasteiger partial charge in [-0.05, 0) is 6.07 Å². The van der Waals surface area contributed by atoms with Crippen molar-refractivity contribution in [2.24, 2.45) is 0 Å². The lowest BCUT2D eigenvalue weighted by Crippen LogP contribution is -2.30. The molecule has 16 heavy (non-hydrogen) atoms. The molecule has 4 N–H and O–H groups in total. The normalized spacial score (nSPS) is 24.8. The molecule has 0 aliphatic carbocycles. The maximum Gasteiger partial charge on any atom is 0.256 e. The van der Waals surface area contributed by atoms with E-state index in [0.29, 0.717) is 11.3 Å². The molecule has 86 valence electrons. The van der Waals surface area contributed by atoms with Crippen LogP contribution in [-0.2, 0) is 0 Å². The van der Waals surface area contributed by atoms with Crippen molar-refractivity contribution in [3.63, 3.8) is 0 Å². The fourth-order valence-electron chi connectivity index (χ4n) is 1.71. The van der Waals surface area contributed by atoms with Gasteiger partial charge in [-0.25, -0.2) is 0 Å². The molecule has 0 spiro atoms. The van der Waals surface area contributed by atoms with Crippen LogP contribution in [-0.4, -0.2) is 51.3 Å². The molecule has 1 aromatic rings. The van der Waals surface area contributed by atoms with Crippen LogP contribution < -0.4 is 5.73 Å². The predicted octanol–water partition coefficient (Wildman–Crippen LogP) is -1.16. The minimum atomic E-state index is -0.882. The van der Waals surface area contributed by atoms with Crippen LogP contribution in [0.3, 0.4) is 0 Å². The van der Waals surface area contributed by atoms with Gasteiger partial charge in [0.05, 0.1) is 29.7 Å². The largest absolute Gasteiger partial charge is 0.397 e. The minimum Gasteiger partial charge on any atom is -0.397 e. The lowest BCUT2D eigenvalue weighted by Gasteiger charge is -2.16. The summed E-state index contributed by atoms with van der Waals surface area (Å²) in [5, 5.41) is 18.7. The molecule has 0 radical (unpaired) electrons. The molecular formula is C10H13N3O3. The average molecular weight is 223 g/mol. The molecule has 0 aromatic carbocycles. The van der Waals surface area contributed by atoms with Crippen LogP contribution in [0.5, 0.6) is 0 Å². The molecule has 1 fully saturated rings. The van der Waals surface area contributed by atoms with Gasteiger partial charge < -0.3 is 20.8 Å². The van der Waals surface area contributed by atoms with Gasteiger partial charge in [0.15, 0.2) is 0 Å². The van der Waals surface area contributed by atoms with Crippen LogP contribution in [0.15, 0.2) is 18.5 Å². The Labute approximate surface area is 92.3 Å². The summed E-state index contributed by atoms with van der Waals surface area (Å²) in [7, 11) is 0. The first-order valence-electron chi connectivity index (χ1n) is 4.94. The van der Waals surface area contributed by atoms with E-state index in [2.05, 4.69) is 4.98 Å². The zero-order chi connectivity index (χ0) is 11.7. The third-order valence-corrected chi connectivity index (χ3v) is 2.63. The predicted molar refractivity (Wildman–Crippen MR) is 56.6 cm³/mol. The molecule has 6 nitrogen and oxygen atoms in total. The first-order chi connectivity index (χ1) is 7.59. The van der Waals surface area contributed by atoms with Crippen LogP contribution in [0.25, 0.3) is 0 Å². The SMILES string of the molecule is Nc1cnccc1C(=O)N1CC(O)C(O)C1. The van der Waals surface area contributed by atoms with Gasteiger partial charge in [-0.3, -0.25) is 9.78 Å². The zero-order valence-corrected chi connectivity index (χ0v) is 8.58. The summed E-state index contributed by atoms with van der Waals surface area (Å²) in [6.07, 6.45) is 1.11. The second kappa shape index (κ2) is 4.07. The number of nitrogens with zero attached hydrogens (tertiary/aromatic N) is 2. The molecule has 1 aliphatic heterocycles. The van der Waals surface area contributed by atoms with Gasteiger partial charge in [-0.15, -0.1) is 0 Å². The highest BCUT2D eigenvalue weighted by molar-refractivity contribution is 5.99. The summed E-state index contributed by atoms with van der Waals surface area (Å²) >= 11 is 0. The Hall–Kier alpha value is -1.66. The molecule has 2 heterocycles. The van der Waals surface area contributed by atoms with Crippen molar-refractivity contribution in [3.05, 3.63) is 24.0 Å². The van der Waals surface area contributed by atoms with Gasteiger partial charge in [0, 0.05) is 19.3 Å². The van der Waals surface area contributed by atoms with Gasteiger partial charge in [-0.1, -0.05) is 0 Å². The highest BCUT2D eigenvalue weighted by Crippen LogP contribution is 2.17. The Morgan fingerprint density at radius 1 is 1.44 bits per heavy atom. The summed E-state index contributed by atoms with van der Waals surface area (Å²) in [5.41, 5.74) is 6.26. The Balaban J connectivity index is 2.18. The third kappa shape index (κ3) is 1.84. The van der Waals surface area contributed by atoms with Crippen LogP contribution in [0, 0.1) is 0 Å². The summed E-state index contributed by atoms with van der Waals surface area (Å²) in [4.78, 5) is 17.1. The molecule has 2 rings (SSSR count). The first-order valence-corrected chi connectivity index (χ1v) is 4.94. The molecule has 2 unspecified atom stereocenters. The quantitative estimate of drug-likeness (QED) is 0.557. The van der Waals surface area contributed by atoms with Crippen molar-refractivity contribution in [2.45, 2.75) is 12.2 Å². The second-order valence-electron chi connectivity index (χ2n) is 3.81. The van der Waals surface area contributed by atoms with Crippen molar-refractivity contribution in [1.29, 1.82) is 0 Å². The summed E-state index contributed by atoms with van der Waals surface area (Å²) in [5.74, 6) is -0.296. The minimum absolute atomic E-state index is 0.127. The second-order valence-corrected chi connectivity index (χ2v) is 3.81. The summed E-state index contributed by atoms with van der Waals surface area (Å²) in [6, 6.07) is 1.52. The van der Waals surface area contributed by atoms with E-state index < -0.39 is 12.2 Å². The fourth-order valence-corrected chi connectivity index (χ4v) is 1.71. The number of hydrogen-bond donors (Lipinski definition) is 3. The maximum absolute atomic E-state index is 12.0. The number of nitrogens with two attached hydrogens (primary N) is 1. The van der Waals surface area contributed by atoms with E-state index in [1.165, 1.54) is 23.4 Å². The number of carbonyl (C=O) groups is 1. The van der Waals surface area contributed by atoms with Crippen LogP contribution in [0.4, 0.5) is 5.69 Å². The molecule has 0 bridgehead atoms. The van der Waals surface area contributed by atoms with E-state index in [9.17, 15) is 15.0 Å². The highest BCUT2D eigenvalue weighted by Gasteiger charge is 2.33. The van der Waals surface area contributed by atoms with Crippen molar-refractivity contribution < 1.29 is 15.0 Å². The highest BCUT2D eigenvalue weighted by atomic mass is 16.3. The summed E-state index contributed by atoms with van der Waals surface area (Å²) in [6.45, 7) is 0.253. The van der Waals surface area contributed by atoms with Crippen LogP contribution in [0.1, 0.15) is 10.4 Å². The molecule has 6 heteroatoms. The van der Waals surface area contributed by atoms with E-state index in [1.54, 1.807) is 0 Å². The lowest BCUT2D eigenvalue weighted by atomic mass is 10.2. The molecular weight excluding hydrogens is 210 g/mol. The average Bonchev–Trinajstić information content (AvgIpc) is 2.59. The van der Waals surface area contributed by atoms with Crippen molar-refractivity contribution in [1.82, 2.24) is 9.88 Å². The number of β-amino-alcohol motifs (C(OH)–C–C–N with tert-alkyl or cyclic N) is 2. The van der Waals surface area contributed by atoms with Crippen molar-refractivity contribution in [2.75, 3.05) is 18.8 Å². The molecule has 0 saturated carbocycles. The Morgan fingerprint density at radius 2 is 2.06 bits per heavy atom. The Kier molecular flexibility index (Phi) is 2.76. The number of aliphatic hydroxyl groups excluding tert-OH is 2. The number of rotatable bonds is 1. The zero-order valence-electron chi connectivity index (χ0n) is 8.58. The van der Waals surface area contributed by atoms with Gasteiger partial charge in [0.2, 0.25) is 0 Å². The fraction of sp³-hybridized carbons (Fsp3) is 0.400. The number of pyridine rings is 1. The van der Waals surface area contributed by atoms with Gasteiger partial charge >= 0.3 is 0 Å². The molecule has 1 amide bonds. The molecule has 1 saturated heterocycles. The topological polar surface area (TPSA) is 99.7 Å². The standard InChI is InChI=1S/C10H13N3O3/c11-7-3-12-2-1-6(7)10(16)13-4-8(14)9(15)5-13/h1-3,8-9,14-15H,4-5,11H2. The number of likely N-dealkylation sites (tertiary alicyclic amines) is 1. The Bertz CT molecular complexity index is 400. The number of aromatic nitrogens is 1. The first kappa shape index (κ1) is 10.8. The summed E-state index contributed by atoms with van der Waals surface area (Å²) < 4.78 is 0. The number of nitrogen functional groups attached to an aromatic ring is 1. The molecule has 1 aliphatic rings. The van der Waals surface area contributed by atoms with E-state index in [1.807, 2.05) is 0 Å². The number of amides is 1. The smallest absolute Gasteiger partial charge is 0.256 e.